The van der Waals surface area contributed by atoms with E-state index >= 15 is 0 Å². The molecule has 0 fully saturated rings. The Labute approximate surface area is 194 Å². The number of hydrogen-bond donors (Lipinski definition) is 0. The summed E-state index contributed by atoms with van der Waals surface area (Å²) in [6, 6.07) is 13.5. The van der Waals surface area contributed by atoms with E-state index in [1.807, 2.05) is 24.3 Å². The third kappa shape index (κ3) is 3.76. The molecule has 0 radical (unpaired) electrons. The van der Waals surface area contributed by atoms with E-state index in [4.69, 9.17) is 14.0 Å². The Kier molecular flexibility index (Phi) is 4.97. The van der Waals surface area contributed by atoms with Gasteiger partial charge in [0.05, 0.1) is 0 Å². The molecule has 0 N–H and O–H groups in total. The maximum absolute atomic E-state index is 12.9. The first-order chi connectivity index (χ1) is 16.6. The minimum Gasteiger partial charge on any atom is -0.454 e. The van der Waals surface area contributed by atoms with Crippen molar-refractivity contribution in [2.24, 2.45) is 5.10 Å². The minimum absolute atomic E-state index is 0.117. The molecule has 10 heteroatoms. The SMILES string of the molecule is O=C(CN1N=C(c2nc(-c3ccc4c(c3)OCO4)no2)CCC1=O)N1CCc2ccccc2C1. The summed E-state index contributed by atoms with van der Waals surface area (Å²) in [5, 5.41) is 9.65. The summed E-state index contributed by atoms with van der Waals surface area (Å²) in [4.78, 5) is 31.6. The van der Waals surface area contributed by atoms with Crippen molar-refractivity contribution in [3.8, 4) is 22.9 Å². The first-order valence-corrected chi connectivity index (χ1v) is 11.1. The maximum Gasteiger partial charge on any atom is 0.274 e. The zero-order valence-electron chi connectivity index (χ0n) is 18.3. The van der Waals surface area contributed by atoms with E-state index in [1.165, 1.54) is 10.6 Å². The molecule has 0 unspecified atom stereocenters. The summed E-state index contributed by atoms with van der Waals surface area (Å²) >= 11 is 0. The minimum atomic E-state index is -0.204. The number of ether oxygens (including phenoxy) is 2. The first kappa shape index (κ1) is 20.4. The largest absolute Gasteiger partial charge is 0.454 e. The smallest absolute Gasteiger partial charge is 0.274 e. The third-order valence-electron chi connectivity index (χ3n) is 6.18. The lowest BCUT2D eigenvalue weighted by molar-refractivity contribution is -0.141. The van der Waals surface area contributed by atoms with Crippen LogP contribution in [0.1, 0.15) is 29.9 Å². The highest BCUT2D eigenvalue weighted by Crippen LogP contribution is 2.35. The van der Waals surface area contributed by atoms with Crippen LogP contribution in [0.2, 0.25) is 0 Å². The predicted octanol–water partition coefficient (Wildman–Crippen LogP) is 2.38. The van der Waals surface area contributed by atoms with Crippen molar-refractivity contribution < 1.29 is 23.6 Å². The average molecular weight is 459 g/mol. The molecule has 0 saturated carbocycles. The van der Waals surface area contributed by atoms with Gasteiger partial charge in [0.25, 0.3) is 5.89 Å². The highest BCUT2D eigenvalue weighted by atomic mass is 16.7. The van der Waals surface area contributed by atoms with Crippen LogP contribution >= 0.6 is 0 Å². The lowest BCUT2D eigenvalue weighted by Gasteiger charge is -2.31. The van der Waals surface area contributed by atoms with E-state index < -0.39 is 0 Å². The topological polar surface area (TPSA) is 110 Å². The van der Waals surface area contributed by atoms with Gasteiger partial charge in [-0.15, -0.1) is 0 Å². The first-order valence-electron chi connectivity index (χ1n) is 11.1. The molecule has 0 saturated heterocycles. The fourth-order valence-corrected chi connectivity index (χ4v) is 4.31. The molecule has 0 bridgehead atoms. The van der Waals surface area contributed by atoms with Crippen LogP contribution in [0.15, 0.2) is 52.1 Å². The van der Waals surface area contributed by atoms with E-state index in [1.54, 1.807) is 17.0 Å². The van der Waals surface area contributed by atoms with Crippen molar-refractivity contribution in [1.82, 2.24) is 20.0 Å². The maximum atomic E-state index is 12.9. The normalized spacial score (nSPS) is 16.9. The number of nitrogens with zero attached hydrogens (tertiary/aromatic N) is 5. The Balaban J connectivity index is 1.18. The molecule has 3 aliphatic rings. The van der Waals surface area contributed by atoms with E-state index in [2.05, 4.69) is 21.3 Å². The zero-order valence-corrected chi connectivity index (χ0v) is 18.3. The number of benzene rings is 2. The quantitative estimate of drug-likeness (QED) is 0.589. The van der Waals surface area contributed by atoms with Gasteiger partial charge >= 0.3 is 0 Å². The van der Waals surface area contributed by atoms with Gasteiger partial charge in [0, 0.05) is 31.5 Å². The van der Waals surface area contributed by atoms with Crippen LogP contribution in [0.4, 0.5) is 0 Å². The van der Waals surface area contributed by atoms with E-state index in [0.717, 1.165) is 12.0 Å². The van der Waals surface area contributed by atoms with Crippen molar-refractivity contribution in [3.05, 3.63) is 59.5 Å². The number of amides is 2. The number of carbonyl (C=O) groups excluding carboxylic acids is 2. The molecule has 0 atom stereocenters. The molecule has 172 valence electrons. The highest BCUT2D eigenvalue weighted by Gasteiger charge is 2.29. The Bertz CT molecular complexity index is 1320. The standard InChI is InChI=1S/C24H21N5O5/c30-21-8-6-18(24-25-23(27-34-24)16-5-7-19-20(11-16)33-14-32-19)26-29(21)13-22(31)28-10-9-15-3-1-2-4-17(15)12-28/h1-5,7,11H,6,8-10,12-14H2. The molecule has 1 aromatic heterocycles. The van der Waals surface area contributed by atoms with Crippen LogP contribution in [0.3, 0.4) is 0 Å². The van der Waals surface area contributed by atoms with Crippen LogP contribution in [0.5, 0.6) is 11.5 Å². The Morgan fingerprint density at radius 2 is 1.85 bits per heavy atom. The Hall–Kier alpha value is -4.21. The van der Waals surface area contributed by atoms with Crippen LogP contribution in [-0.2, 0) is 22.6 Å². The van der Waals surface area contributed by atoms with Crippen LogP contribution in [-0.4, -0.2) is 57.5 Å². The van der Waals surface area contributed by atoms with E-state index in [-0.39, 0.29) is 37.5 Å². The number of rotatable bonds is 4. The van der Waals surface area contributed by atoms with Gasteiger partial charge in [0.15, 0.2) is 11.5 Å². The molecule has 0 aliphatic carbocycles. The summed E-state index contributed by atoms with van der Waals surface area (Å²) in [6.07, 6.45) is 1.38. The van der Waals surface area contributed by atoms with Crippen molar-refractivity contribution in [3.63, 3.8) is 0 Å². The lowest BCUT2D eigenvalue weighted by atomic mass is 10.00. The van der Waals surface area contributed by atoms with Crippen molar-refractivity contribution in [1.29, 1.82) is 0 Å². The van der Waals surface area contributed by atoms with E-state index in [9.17, 15) is 9.59 Å². The molecule has 3 aromatic rings. The summed E-state index contributed by atoms with van der Waals surface area (Å²) < 4.78 is 16.2. The average Bonchev–Trinajstić information content (AvgIpc) is 3.54. The number of carbonyl (C=O) groups is 2. The number of fused-ring (bicyclic) bond motifs is 2. The lowest BCUT2D eigenvalue weighted by Crippen LogP contribution is -2.44. The highest BCUT2D eigenvalue weighted by molar-refractivity contribution is 6.01. The van der Waals surface area contributed by atoms with Gasteiger partial charge in [0.1, 0.15) is 12.3 Å². The predicted molar refractivity (Wildman–Crippen MR) is 119 cm³/mol. The molecular weight excluding hydrogens is 438 g/mol. The van der Waals surface area contributed by atoms with Gasteiger partial charge < -0.3 is 18.9 Å². The van der Waals surface area contributed by atoms with Crippen LogP contribution < -0.4 is 9.47 Å². The Morgan fingerprint density at radius 1 is 1.00 bits per heavy atom. The second-order valence-corrected chi connectivity index (χ2v) is 8.32. The molecule has 2 amide bonds. The third-order valence-corrected chi connectivity index (χ3v) is 6.18. The fraction of sp³-hybridized carbons (Fsp3) is 0.292. The molecule has 6 rings (SSSR count). The van der Waals surface area contributed by atoms with Crippen LogP contribution in [0.25, 0.3) is 11.4 Å². The monoisotopic (exact) mass is 459 g/mol. The number of aromatic nitrogens is 2. The molecule has 34 heavy (non-hydrogen) atoms. The van der Waals surface area contributed by atoms with Gasteiger partial charge in [-0.3, -0.25) is 9.59 Å². The van der Waals surface area contributed by atoms with Crippen LogP contribution in [0, 0.1) is 0 Å². The van der Waals surface area contributed by atoms with Gasteiger partial charge in [-0.25, -0.2) is 5.01 Å². The molecule has 10 nitrogen and oxygen atoms in total. The van der Waals surface area contributed by atoms with Crippen molar-refractivity contribution in [2.75, 3.05) is 19.9 Å². The Morgan fingerprint density at radius 3 is 2.76 bits per heavy atom. The van der Waals surface area contributed by atoms with Gasteiger partial charge in [-0.1, -0.05) is 29.4 Å². The van der Waals surface area contributed by atoms with Gasteiger partial charge in [-0.05, 0) is 35.7 Å². The molecule has 2 aromatic carbocycles. The van der Waals surface area contributed by atoms with Gasteiger partial charge in [-0.2, -0.15) is 10.1 Å². The zero-order chi connectivity index (χ0) is 23.1. The van der Waals surface area contributed by atoms with Crippen molar-refractivity contribution >= 4 is 17.5 Å². The fourth-order valence-electron chi connectivity index (χ4n) is 4.31. The molecule has 3 aliphatic heterocycles. The molecule has 4 heterocycles. The van der Waals surface area contributed by atoms with Crippen molar-refractivity contribution in [2.45, 2.75) is 25.8 Å². The number of hydrazone groups is 1. The summed E-state index contributed by atoms with van der Waals surface area (Å²) in [5.74, 6) is 1.55. The van der Waals surface area contributed by atoms with Gasteiger partial charge in [0.2, 0.25) is 24.4 Å². The molecule has 0 spiro atoms. The number of hydrogen-bond acceptors (Lipinski definition) is 8. The molecular formula is C24H21N5O5. The summed E-state index contributed by atoms with van der Waals surface area (Å²) in [7, 11) is 0. The summed E-state index contributed by atoms with van der Waals surface area (Å²) in [6.45, 7) is 1.22. The second kappa shape index (κ2) is 8.29. The second-order valence-electron chi connectivity index (χ2n) is 8.32. The van der Waals surface area contributed by atoms with E-state index in [0.29, 0.717) is 48.1 Å². The summed E-state index contributed by atoms with van der Waals surface area (Å²) in [5.41, 5.74) is 3.59.